The first-order valence-corrected chi connectivity index (χ1v) is 22.4. The number of aliphatic hydroxyl groups excluding tert-OH is 2. The van der Waals surface area contributed by atoms with Gasteiger partial charge in [-0.2, -0.15) is 0 Å². The largest absolute Gasteiger partial charge is 0.394 e. The van der Waals surface area contributed by atoms with Gasteiger partial charge in [0, 0.05) is 6.42 Å². The van der Waals surface area contributed by atoms with Gasteiger partial charge in [0.25, 0.3) is 0 Å². The molecule has 4 nitrogen and oxygen atoms in total. The zero-order valence-electron chi connectivity index (χ0n) is 33.5. The number of hydrogen-bond acceptors (Lipinski definition) is 3. The summed E-state index contributed by atoms with van der Waals surface area (Å²) in [5.41, 5.74) is 0. The number of unbranched alkanes of at least 4 members (excludes halogenated alkanes) is 32. The monoisotopic (exact) mass is 692 g/mol. The van der Waals surface area contributed by atoms with Gasteiger partial charge in [-0.3, -0.25) is 4.79 Å². The van der Waals surface area contributed by atoms with Crippen molar-refractivity contribution in [2.75, 3.05) is 6.61 Å². The molecule has 0 aromatic heterocycles. The molecule has 2 atom stereocenters. The fraction of sp³-hybridized carbons (Fsp3) is 0.933. The minimum absolute atomic E-state index is 0.0362. The second-order valence-electron chi connectivity index (χ2n) is 15.5. The van der Waals surface area contributed by atoms with Crippen molar-refractivity contribution in [2.45, 2.75) is 264 Å². The van der Waals surface area contributed by atoms with E-state index in [-0.39, 0.29) is 12.5 Å². The summed E-state index contributed by atoms with van der Waals surface area (Å²) in [6.07, 6.45) is 51.5. The van der Waals surface area contributed by atoms with Crippen LogP contribution in [0.25, 0.3) is 0 Å². The number of carbonyl (C=O) groups excluding carboxylic acids is 1. The summed E-state index contributed by atoms with van der Waals surface area (Å²) in [5.74, 6) is -0.0362. The third kappa shape index (κ3) is 38.2. The van der Waals surface area contributed by atoms with Gasteiger partial charge in [0.2, 0.25) is 5.91 Å². The lowest BCUT2D eigenvalue weighted by atomic mass is 10.0. The van der Waals surface area contributed by atoms with Crippen LogP contribution in [0.2, 0.25) is 0 Å². The maximum atomic E-state index is 12.4. The first-order chi connectivity index (χ1) is 24.2. The quantitative estimate of drug-likeness (QED) is 0.0441. The molecular formula is C45H89NO3. The maximum absolute atomic E-state index is 12.4. The Labute approximate surface area is 307 Å². The Bertz CT molecular complexity index is 666. The summed E-state index contributed by atoms with van der Waals surface area (Å²) in [6, 6.07) is -0.547. The van der Waals surface area contributed by atoms with Crippen LogP contribution in [-0.4, -0.2) is 34.9 Å². The van der Waals surface area contributed by atoms with E-state index in [1.54, 1.807) is 0 Å². The lowest BCUT2D eigenvalue weighted by Gasteiger charge is -2.22. The molecule has 292 valence electrons. The number of rotatable bonds is 41. The van der Waals surface area contributed by atoms with Crippen LogP contribution in [0.1, 0.15) is 251 Å². The van der Waals surface area contributed by atoms with Crippen LogP contribution in [0.4, 0.5) is 0 Å². The van der Waals surface area contributed by atoms with E-state index < -0.39 is 12.1 Å². The molecular weight excluding hydrogens is 602 g/mol. The third-order valence-corrected chi connectivity index (χ3v) is 10.5. The number of hydrogen-bond donors (Lipinski definition) is 3. The lowest BCUT2D eigenvalue weighted by molar-refractivity contribution is -0.123. The van der Waals surface area contributed by atoms with Gasteiger partial charge in [-0.25, -0.2) is 0 Å². The van der Waals surface area contributed by atoms with E-state index in [1.807, 2.05) is 0 Å². The number of amides is 1. The van der Waals surface area contributed by atoms with Gasteiger partial charge < -0.3 is 15.5 Å². The zero-order valence-corrected chi connectivity index (χ0v) is 33.5. The Kier molecular flexibility index (Phi) is 40.8. The molecule has 0 aliphatic rings. The second-order valence-corrected chi connectivity index (χ2v) is 15.5. The van der Waals surface area contributed by atoms with Crippen LogP contribution >= 0.6 is 0 Å². The van der Waals surface area contributed by atoms with Gasteiger partial charge in [-0.15, -0.1) is 0 Å². The van der Waals surface area contributed by atoms with Crippen molar-refractivity contribution in [2.24, 2.45) is 0 Å². The average Bonchev–Trinajstić information content (AvgIpc) is 3.10. The predicted octanol–water partition coefficient (Wildman–Crippen LogP) is 13.9. The van der Waals surface area contributed by atoms with Gasteiger partial charge in [-0.05, 0) is 38.5 Å². The van der Waals surface area contributed by atoms with Crippen molar-refractivity contribution < 1.29 is 15.0 Å². The molecule has 0 radical (unpaired) electrons. The molecule has 0 saturated carbocycles. The van der Waals surface area contributed by atoms with Crippen LogP contribution in [0.3, 0.4) is 0 Å². The van der Waals surface area contributed by atoms with Crippen molar-refractivity contribution >= 4 is 5.91 Å². The summed E-state index contributed by atoms with van der Waals surface area (Å²) in [5, 5.41) is 23.2. The molecule has 0 heterocycles. The molecule has 49 heavy (non-hydrogen) atoms. The molecule has 0 saturated heterocycles. The SMILES string of the molecule is CCCCCCCCCCCCC/C=C/CCCC[C@@H](O)[C@H](CO)NC(=O)CCCCCCCCCCCCCCCCCCCCCC. The number of nitrogens with one attached hydrogen (secondary N) is 1. The molecule has 0 aromatic rings. The highest BCUT2D eigenvalue weighted by atomic mass is 16.3. The van der Waals surface area contributed by atoms with E-state index >= 15 is 0 Å². The molecule has 0 aromatic carbocycles. The smallest absolute Gasteiger partial charge is 0.220 e. The van der Waals surface area contributed by atoms with Gasteiger partial charge >= 0.3 is 0 Å². The summed E-state index contributed by atoms with van der Waals surface area (Å²) in [4.78, 5) is 12.4. The summed E-state index contributed by atoms with van der Waals surface area (Å²) >= 11 is 0. The second kappa shape index (κ2) is 41.5. The molecule has 0 unspecified atom stereocenters. The van der Waals surface area contributed by atoms with E-state index in [9.17, 15) is 15.0 Å². The fourth-order valence-electron chi connectivity index (χ4n) is 7.06. The standard InChI is InChI=1S/C45H89NO3/c1-3-5-7-9-11-13-15-17-19-21-22-23-25-27-29-31-33-35-37-39-41-45(49)46-43(42-47)44(48)40-38-36-34-32-30-28-26-24-20-18-16-14-12-10-8-6-4-2/h30,32,43-44,47-48H,3-29,31,33-42H2,1-2H3,(H,46,49)/b32-30+/t43-,44+/m0/s1. The molecule has 1 amide bonds. The van der Waals surface area contributed by atoms with Crippen LogP contribution < -0.4 is 5.32 Å². The summed E-state index contributed by atoms with van der Waals surface area (Å²) < 4.78 is 0. The van der Waals surface area contributed by atoms with Gasteiger partial charge in [0.15, 0.2) is 0 Å². The summed E-state index contributed by atoms with van der Waals surface area (Å²) in [7, 11) is 0. The Balaban J connectivity index is 3.51. The van der Waals surface area contributed by atoms with Gasteiger partial charge in [0.1, 0.15) is 0 Å². The highest BCUT2D eigenvalue weighted by molar-refractivity contribution is 5.76. The van der Waals surface area contributed by atoms with Crippen molar-refractivity contribution in [3.8, 4) is 0 Å². The zero-order chi connectivity index (χ0) is 35.7. The van der Waals surface area contributed by atoms with Crippen molar-refractivity contribution in [3.63, 3.8) is 0 Å². The van der Waals surface area contributed by atoms with Crippen molar-refractivity contribution in [1.82, 2.24) is 5.32 Å². The van der Waals surface area contributed by atoms with E-state index in [2.05, 4.69) is 31.3 Å². The van der Waals surface area contributed by atoms with Crippen LogP contribution in [-0.2, 0) is 4.79 Å². The molecule has 0 fully saturated rings. The van der Waals surface area contributed by atoms with Gasteiger partial charge in [-0.1, -0.05) is 219 Å². The van der Waals surface area contributed by atoms with E-state index in [1.165, 1.54) is 193 Å². The minimum atomic E-state index is -0.677. The molecule has 0 rings (SSSR count). The van der Waals surface area contributed by atoms with Gasteiger partial charge in [0.05, 0.1) is 18.8 Å². The fourth-order valence-corrected chi connectivity index (χ4v) is 7.06. The molecule has 0 spiro atoms. The van der Waals surface area contributed by atoms with E-state index in [0.717, 1.165) is 32.1 Å². The number of aliphatic hydroxyl groups is 2. The minimum Gasteiger partial charge on any atom is -0.394 e. The average molecular weight is 692 g/mol. The Morgan fingerprint density at radius 3 is 1.12 bits per heavy atom. The van der Waals surface area contributed by atoms with Crippen molar-refractivity contribution in [1.29, 1.82) is 0 Å². The Hall–Kier alpha value is -0.870. The third-order valence-electron chi connectivity index (χ3n) is 10.5. The first kappa shape index (κ1) is 48.1. The number of allylic oxidation sites excluding steroid dienone is 2. The molecule has 0 aliphatic heterocycles. The van der Waals surface area contributed by atoms with Crippen LogP contribution in [0.5, 0.6) is 0 Å². The lowest BCUT2D eigenvalue weighted by Crippen LogP contribution is -2.45. The number of carbonyl (C=O) groups is 1. The first-order valence-electron chi connectivity index (χ1n) is 22.4. The normalized spacial score (nSPS) is 13.0. The molecule has 0 aliphatic carbocycles. The molecule has 3 N–H and O–H groups in total. The Morgan fingerprint density at radius 1 is 0.469 bits per heavy atom. The van der Waals surface area contributed by atoms with E-state index in [4.69, 9.17) is 0 Å². The predicted molar refractivity (Wildman–Crippen MR) is 216 cm³/mol. The van der Waals surface area contributed by atoms with Crippen molar-refractivity contribution in [3.05, 3.63) is 12.2 Å². The van der Waals surface area contributed by atoms with Crippen LogP contribution in [0.15, 0.2) is 12.2 Å². The summed E-state index contributed by atoms with van der Waals surface area (Å²) in [6.45, 7) is 4.37. The molecule has 4 heteroatoms. The molecule has 0 bridgehead atoms. The maximum Gasteiger partial charge on any atom is 0.220 e. The van der Waals surface area contributed by atoms with Crippen LogP contribution in [0, 0.1) is 0 Å². The highest BCUT2D eigenvalue weighted by Gasteiger charge is 2.19. The Morgan fingerprint density at radius 2 is 0.776 bits per heavy atom. The topological polar surface area (TPSA) is 69.6 Å². The highest BCUT2D eigenvalue weighted by Crippen LogP contribution is 2.16. The van der Waals surface area contributed by atoms with E-state index in [0.29, 0.717) is 12.8 Å².